The van der Waals surface area contributed by atoms with Gasteiger partial charge in [-0.15, -0.1) is 0 Å². The lowest BCUT2D eigenvalue weighted by Crippen LogP contribution is -2.02. The summed E-state index contributed by atoms with van der Waals surface area (Å²) in [6, 6.07) is 14.0. The lowest BCUT2D eigenvalue weighted by molar-refractivity contribution is 0.535. The molecule has 0 aliphatic heterocycles. The van der Waals surface area contributed by atoms with Crippen molar-refractivity contribution in [2.45, 2.75) is 13.8 Å². The predicted octanol–water partition coefficient (Wildman–Crippen LogP) is 4.14. The number of hydrogen-bond donors (Lipinski definition) is 1. The minimum absolute atomic E-state index is 0.679. The number of furan rings is 1. The monoisotopic (exact) mass is 279 g/mol. The molecule has 2 aromatic heterocycles. The number of aromatic nitrogens is 2. The second-order valence-corrected chi connectivity index (χ2v) is 4.75. The molecule has 0 spiro atoms. The van der Waals surface area contributed by atoms with Gasteiger partial charge in [-0.2, -0.15) is 0 Å². The van der Waals surface area contributed by atoms with Gasteiger partial charge in [0.15, 0.2) is 5.82 Å². The summed E-state index contributed by atoms with van der Waals surface area (Å²) in [7, 11) is 0. The number of hydrogen-bond acceptors (Lipinski definition) is 4. The zero-order valence-electron chi connectivity index (χ0n) is 12.1. The molecule has 0 radical (unpaired) electrons. The molecule has 0 fully saturated rings. The van der Waals surface area contributed by atoms with E-state index in [1.54, 1.807) is 6.26 Å². The van der Waals surface area contributed by atoms with Crippen molar-refractivity contribution in [3.63, 3.8) is 0 Å². The van der Waals surface area contributed by atoms with Gasteiger partial charge < -0.3 is 9.73 Å². The lowest BCUT2D eigenvalue weighted by Gasteiger charge is -2.08. The van der Waals surface area contributed by atoms with E-state index in [0.717, 1.165) is 34.9 Å². The number of anilines is 1. The van der Waals surface area contributed by atoms with Gasteiger partial charge in [0.2, 0.25) is 0 Å². The standard InChI is InChI=1S/C17H17N3O/c1-3-18-16-11-15(13-7-5-4-6-8-13)19-17(20-16)14-9-10-21-12(14)2/h4-11H,3H2,1-2H3,(H,18,19,20). The fourth-order valence-electron chi connectivity index (χ4n) is 2.21. The maximum Gasteiger partial charge on any atom is 0.165 e. The normalized spacial score (nSPS) is 10.6. The van der Waals surface area contributed by atoms with E-state index in [1.165, 1.54) is 0 Å². The Morgan fingerprint density at radius 1 is 1.10 bits per heavy atom. The molecule has 4 heteroatoms. The highest BCUT2D eigenvalue weighted by atomic mass is 16.3. The molecule has 3 aromatic rings. The summed E-state index contributed by atoms with van der Waals surface area (Å²) in [6.07, 6.45) is 1.66. The number of aryl methyl sites for hydroxylation is 1. The summed E-state index contributed by atoms with van der Waals surface area (Å²) < 4.78 is 5.36. The third-order valence-electron chi connectivity index (χ3n) is 3.25. The first kappa shape index (κ1) is 13.4. The Kier molecular flexibility index (Phi) is 3.69. The van der Waals surface area contributed by atoms with E-state index < -0.39 is 0 Å². The molecular weight excluding hydrogens is 262 g/mol. The van der Waals surface area contributed by atoms with Gasteiger partial charge in [0.1, 0.15) is 11.6 Å². The second kappa shape index (κ2) is 5.79. The minimum Gasteiger partial charge on any atom is -0.469 e. The van der Waals surface area contributed by atoms with Crippen molar-refractivity contribution < 1.29 is 4.42 Å². The average molecular weight is 279 g/mol. The molecule has 0 bridgehead atoms. The Hall–Kier alpha value is -2.62. The molecule has 0 unspecified atom stereocenters. The zero-order valence-corrected chi connectivity index (χ0v) is 12.1. The summed E-state index contributed by atoms with van der Waals surface area (Å²) in [4.78, 5) is 9.25. The quantitative estimate of drug-likeness (QED) is 0.779. The maximum atomic E-state index is 5.36. The van der Waals surface area contributed by atoms with Crippen LogP contribution in [-0.2, 0) is 0 Å². The molecule has 1 aromatic carbocycles. The van der Waals surface area contributed by atoms with E-state index in [0.29, 0.717) is 5.82 Å². The van der Waals surface area contributed by atoms with Crippen LogP contribution in [0.1, 0.15) is 12.7 Å². The van der Waals surface area contributed by atoms with E-state index in [1.807, 2.05) is 56.3 Å². The van der Waals surface area contributed by atoms with Gasteiger partial charge in [-0.05, 0) is 19.9 Å². The summed E-state index contributed by atoms with van der Waals surface area (Å²) in [5.74, 6) is 2.32. The Morgan fingerprint density at radius 3 is 2.57 bits per heavy atom. The highest BCUT2D eigenvalue weighted by Crippen LogP contribution is 2.26. The van der Waals surface area contributed by atoms with Crippen LogP contribution in [0.2, 0.25) is 0 Å². The number of nitrogens with one attached hydrogen (secondary N) is 1. The lowest BCUT2D eigenvalue weighted by atomic mass is 10.1. The van der Waals surface area contributed by atoms with Crippen LogP contribution in [0.3, 0.4) is 0 Å². The van der Waals surface area contributed by atoms with Gasteiger partial charge in [-0.3, -0.25) is 0 Å². The first-order valence-electron chi connectivity index (χ1n) is 7.00. The van der Waals surface area contributed by atoms with Crippen LogP contribution >= 0.6 is 0 Å². The molecule has 21 heavy (non-hydrogen) atoms. The Balaban J connectivity index is 2.13. The third kappa shape index (κ3) is 2.79. The molecular formula is C17H17N3O. The van der Waals surface area contributed by atoms with E-state index in [4.69, 9.17) is 4.42 Å². The molecule has 0 aliphatic rings. The van der Waals surface area contributed by atoms with Crippen LogP contribution in [-0.4, -0.2) is 16.5 Å². The zero-order chi connectivity index (χ0) is 14.7. The molecule has 2 heterocycles. The fraction of sp³-hybridized carbons (Fsp3) is 0.176. The molecule has 4 nitrogen and oxygen atoms in total. The average Bonchev–Trinajstić information content (AvgIpc) is 2.94. The van der Waals surface area contributed by atoms with Gasteiger partial charge in [0.05, 0.1) is 17.5 Å². The van der Waals surface area contributed by atoms with Crippen molar-refractivity contribution in [3.8, 4) is 22.6 Å². The number of benzene rings is 1. The SMILES string of the molecule is CCNc1cc(-c2ccccc2)nc(-c2ccoc2C)n1. The molecule has 3 rings (SSSR count). The van der Waals surface area contributed by atoms with Crippen LogP contribution in [0.25, 0.3) is 22.6 Å². The van der Waals surface area contributed by atoms with Crippen molar-refractivity contribution in [3.05, 3.63) is 54.5 Å². The van der Waals surface area contributed by atoms with E-state index in [9.17, 15) is 0 Å². The molecule has 0 atom stereocenters. The first-order chi connectivity index (χ1) is 10.3. The van der Waals surface area contributed by atoms with E-state index in [2.05, 4.69) is 15.3 Å². The van der Waals surface area contributed by atoms with Gasteiger partial charge in [0.25, 0.3) is 0 Å². The van der Waals surface area contributed by atoms with Gasteiger partial charge in [-0.1, -0.05) is 30.3 Å². The smallest absolute Gasteiger partial charge is 0.165 e. The highest BCUT2D eigenvalue weighted by molar-refractivity contribution is 5.68. The Morgan fingerprint density at radius 2 is 1.90 bits per heavy atom. The molecule has 106 valence electrons. The van der Waals surface area contributed by atoms with Crippen LogP contribution in [0, 0.1) is 6.92 Å². The van der Waals surface area contributed by atoms with Crippen molar-refractivity contribution in [1.29, 1.82) is 0 Å². The van der Waals surface area contributed by atoms with E-state index in [-0.39, 0.29) is 0 Å². The molecule has 0 aliphatic carbocycles. The van der Waals surface area contributed by atoms with Crippen molar-refractivity contribution in [2.75, 3.05) is 11.9 Å². The largest absolute Gasteiger partial charge is 0.469 e. The van der Waals surface area contributed by atoms with Crippen LogP contribution in [0.4, 0.5) is 5.82 Å². The van der Waals surface area contributed by atoms with Crippen LogP contribution in [0.15, 0.2) is 53.1 Å². The number of nitrogens with zero attached hydrogens (tertiary/aromatic N) is 2. The first-order valence-corrected chi connectivity index (χ1v) is 7.00. The van der Waals surface area contributed by atoms with E-state index >= 15 is 0 Å². The molecule has 0 saturated heterocycles. The van der Waals surface area contributed by atoms with Gasteiger partial charge in [0, 0.05) is 18.2 Å². The molecule has 1 N–H and O–H groups in total. The van der Waals surface area contributed by atoms with Crippen molar-refractivity contribution >= 4 is 5.82 Å². The molecule has 0 amide bonds. The van der Waals surface area contributed by atoms with Crippen molar-refractivity contribution in [2.24, 2.45) is 0 Å². The van der Waals surface area contributed by atoms with Crippen molar-refractivity contribution in [1.82, 2.24) is 9.97 Å². The summed E-state index contributed by atoms with van der Waals surface area (Å²) in [6.45, 7) is 4.78. The summed E-state index contributed by atoms with van der Waals surface area (Å²) in [5, 5.41) is 3.26. The number of rotatable bonds is 4. The Bertz CT molecular complexity index is 735. The minimum atomic E-state index is 0.679. The predicted molar refractivity (Wildman–Crippen MR) is 84.1 cm³/mol. The topological polar surface area (TPSA) is 51.0 Å². The van der Waals surface area contributed by atoms with Gasteiger partial charge >= 0.3 is 0 Å². The summed E-state index contributed by atoms with van der Waals surface area (Å²) >= 11 is 0. The summed E-state index contributed by atoms with van der Waals surface area (Å²) in [5.41, 5.74) is 2.89. The maximum absolute atomic E-state index is 5.36. The third-order valence-corrected chi connectivity index (χ3v) is 3.25. The fourth-order valence-corrected chi connectivity index (χ4v) is 2.21. The Labute approximate surface area is 123 Å². The molecule has 0 saturated carbocycles. The van der Waals surface area contributed by atoms with Gasteiger partial charge in [-0.25, -0.2) is 9.97 Å². The van der Waals surface area contributed by atoms with Crippen LogP contribution < -0.4 is 5.32 Å². The highest BCUT2D eigenvalue weighted by Gasteiger charge is 2.11. The second-order valence-electron chi connectivity index (χ2n) is 4.75. The van der Waals surface area contributed by atoms with Crippen LogP contribution in [0.5, 0.6) is 0 Å².